The van der Waals surface area contributed by atoms with Crippen LogP contribution in [0.3, 0.4) is 0 Å². The number of alkyl halides is 21. The molecule has 0 bridgehead atoms. The summed E-state index contributed by atoms with van der Waals surface area (Å²) in [6.45, 7) is 6.52. The molecule has 0 N–H and O–H groups in total. The van der Waals surface area contributed by atoms with E-state index in [1.165, 1.54) is 83.5 Å². The normalized spacial score (nSPS) is 30.9. The van der Waals surface area contributed by atoms with Crippen molar-refractivity contribution in [3.8, 4) is 0 Å². The van der Waals surface area contributed by atoms with E-state index >= 15 is 0 Å². The predicted octanol–water partition coefficient (Wildman–Crippen LogP) is 24.4. The van der Waals surface area contributed by atoms with Crippen molar-refractivity contribution in [1.29, 1.82) is 0 Å². The summed E-state index contributed by atoms with van der Waals surface area (Å²) >= 11 is 0. The molecule has 6 aliphatic carbocycles. The molecule has 0 amide bonds. The quantitative estimate of drug-likeness (QED) is 0.0749. The maximum Gasteiger partial charge on any atom is 0.459 e. The van der Waals surface area contributed by atoms with Gasteiger partial charge in [-0.05, 0) is 169 Å². The van der Waals surface area contributed by atoms with Gasteiger partial charge in [-0.15, -0.1) is 0 Å². The molecule has 0 aromatic carbocycles. The molecular formula is C61H95F21. The Bertz CT molecular complexity index is 1740. The minimum absolute atomic E-state index is 0.187. The van der Waals surface area contributed by atoms with Gasteiger partial charge in [0.15, 0.2) is 0 Å². The molecule has 0 aromatic heterocycles. The van der Waals surface area contributed by atoms with E-state index in [0.717, 1.165) is 94.8 Å². The van der Waals surface area contributed by atoms with Crippen LogP contribution < -0.4 is 0 Å². The first kappa shape index (κ1) is 73.0. The highest BCUT2D eigenvalue weighted by Gasteiger charge is 2.77. The number of halogens is 21. The number of hydrogen-bond acceptors (Lipinski definition) is 0. The molecule has 0 nitrogen and oxygen atoms in total. The first-order valence-electron chi connectivity index (χ1n) is 31.5. The number of rotatable bonds is 22. The molecule has 6 aliphatic rings. The zero-order valence-corrected chi connectivity index (χ0v) is 48.5. The molecule has 21 heteroatoms. The maximum atomic E-state index is 13.9. The van der Waals surface area contributed by atoms with Crippen LogP contribution in [0.25, 0.3) is 0 Å². The Kier molecular flexibility index (Phi) is 27.7. The van der Waals surface area contributed by atoms with Gasteiger partial charge in [0.1, 0.15) is 0 Å². The average molecular weight is 1230 g/mol. The fourth-order valence-electron chi connectivity index (χ4n) is 15.3. The molecule has 0 unspecified atom stereocenters. The van der Waals surface area contributed by atoms with Gasteiger partial charge in [-0.1, -0.05) is 143 Å². The van der Waals surface area contributed by atoms with Crippen molar-refractivity contribution in [1.82, 2.24) is 0 Å². The van der Waals surface area contributed by atoms with Crippen LogP contribution in [-0.2, 0) is 0 Å². The van der Waals surface area contributed by atoms with E-state index in [-0.39, 0.29) is 56.3 Å². The van der Waals surface area contributed by atoms with Crippen LogP contribution in [0.2, 0.25) is 0 Å². The van der Waals surface area contributed by atoms with Crippen molar-refractivity contribution in [2.75, 3.05) is 0 Å². The largest absolute Gasteiger partial charge is 0.459 e. The Morgan fingerprint density at radius 1 is 0.220 bits per heavy atom. The molecule has 0 spiro atoms. The summed E-state index contributed by atoms with van der Waals surface area (Å²) in [6, 6.07) is 0. The molecule has 0 radical (unpaired) electrons. The third kappa shape index (κ3) is 18.8. The average Bonchev–Trinajstić information content (AvgIpc) is 3.61. The van der Waals surface area contributed by atoms with Gasteiger partial charge in [0.25, 0.3) is 0 Å². The first-order valence-corrected chi connectivity index (χ1v) is 31.5. The highest BCUT2D eigenvalue weighted by Crippen LogP contribution is 2.58. The van der Waals surface area contributed by atoms with E-state index in [2.05, 4.69) is 20.8 Å². The summed E-state index contributed by atoms with van der Waals surface area (Å²) in [5.74, 6) is -34.7. The first-order chi connectivity index (χ1) is 38.0. The molecule has 6 rings (SSSR count). The summed E-state index contributed by atoms with van der Waals surface area (Å²) in [5.41, 5.74) is 0. The summed E-state index contributed by atoms with van der Waals surface area (Å²) in [4.78, 5) is 0. The lowest BCUT2D eigenvalue weighted by atomic mass is 9.67. The van der Waals surface area contributed by atoms with E-state index in [0.29, 0.717) is 56.3 Å². The lowest BCUT2D eigenvalue weighted by Crippen LogP contribution is -2.56. The summed E-state index contributed by atoms with van der Waals surface area (Å²) in [6.07, 6.45) is 10.8. The van der Waals surface area contributed by atoms with E-state index < -0.39 is 71.8 Å². The Balaban J connectivity index is 0.000000265. The summed E-state index contributed by atoms with van der Waals surface area (Å²) in [5, 5.41) is 0. The Morgan fingerprint density at radius 3 is 0.622 bits per heavy atom. The monoisotopic (exact) mass is 1230 g/mol. The van der Waals surface area contributed by atoms with Crippen molar-refractivity contribution in [2.24, 2.45) is 71.0 Å². The standard InChI is InChI=1S/C22H35F7.C20H31F7.C19H29F7/c1-2-3-4-5-6-7-16-8-10-17(11-9-16)18-12-14-19(15-13-18)20(23,24)21(25,26)22(27,28)29;1-2-3-4-5-14-6-8-15(9-7-14)16-10-12-17(13-11-16)18(21,22)19(23,24)20(25,26)27;1-2-3-4-13-5-7-14(8-6-13)15-9-11-16(12-10-15)17(20,21)18(22,23)19(24,25)26/h16-19H,2-15H2,1H3;14-17H,2-13H2,1H3;13-16H,2-12H2,1H3. The molecule has 0 aromatic rings. The SMILES string of the molecule is CCCCC1CCC(C2CCC(C(F)(F)C(F)(F)C(F)(F)F)CC2)CC1.CCCCCC1CCC(C2CCC(C(F)(F)C(F)(F)C(F)(F)F)CC2)CC1.CCCCCCCC1CCC(C2CCC(C(F)(F)C(F)(F)C(F)(F)F)CC2)CC1. The van der Waals surface area contributed by atoms with Crippen molar-refractivity contribution >= 4 is 0 Å². The zero-order chi connectivity index (χ0) is 61.6. The molecule has 6 saturated carbocycles. The van der Waals surface area contributed by atoms with Crippen LogP contribution in [-0.4, -0.2) is 54.1 Å². The minimum atomic E-state index is -6.22. The van der Waals surface area contributed by atoms with Gasteiger partial charge in [0.2, 0.25) is 0 Å². The van der Waals surface area contributed by atoms with Crippen molar-refractivity contribution in [3.63, 3.8) is 0 Å². The van der Waals surface area contributed by atoms with Crippen LogP contribution >= 0.6 is 0 Å². The topological polar surface area (TPSA) is 0 Å². The number of unbranched alkanes of at least 4 members (excludes halogenated alkanes) is 7. The number of hydrogen-bond donors (Lipinski definition) is 0. The van der Waals surface area contributed by atoms with Gasteiger partial charge in [-0.2, -0.15) is 92.2 Å². The van der Waals surface area contributed by atoms with E-state index in [1.54, 1.807) is 0 Å². The van der Waals surface area contributed by atoms with Crippen molar-refractivity contribution < 1.29 is 92.2 Å². The van der Waals surface area contributed by atoms with Crippen molar-refractivity contribution in [3.05, 3.63) is 0 Å². The molecule has 0 atom stereocenters. The third-order valence-corrected chi connectivity index (χ3v) is 20.7. The molecule has 82 heavy (non-hydrogen) atoms. The maximum absolute atomic E-state index is 13.9. The van der Waals surface area contributed by atoms with Gasteiger partial charge >= 0.3 is 54.1 Å². The fourth-order valence-corrected chi connectivity index (χ4v) is 15.3. The van der Waals surface area contributed by atoms with Gasteiger partial charge in [-0.25, -0.2) is 0 Å². The molecular weight excluding hydrogens is 1130 g/mol. The Morgan fingerprint density at radius 2 is 0.402 bits per heavy atom. The van der Waals surface area contributed by atoms with Crippen molar-refractivity contribution in [2.45, 2.75) is 312 Å². The van der Waals surface area contributed by atoms with Crippen LogP contribution in [0.15, 0.2) is 0 Å². The van der Waals surface area contributed by atoms with Gasteiger partial charge in [-0.3, -0.25) is 0 Å². The van der Waals surface area contributed by atoms with Gasteiger partial charge in [0, 0.05) is 17.8 Å². The molecule has 0 heterocycles. The predicted molar refractivity (Wildman–Crippen MR) is 278 cm³/mol. The van der Waals surface area contributed by atoms with Crippen LogP contribution in [0.5, 0.6) is 0 Å². The zero-order valence-electron chi connectivity index (χ0n) is 48.5. The van der Waals surface area contributed by atoms with Gasteiger partial charge < -0.3 is 0 Å². The summed E-state index contributed by atoms with van der Waals surface area (Å²) < 4.78 is 274. The van der Waals surface area contributed by atoms with E-state index in [4.69, 9.17) is 0 Å². The van der Waals surface area contributed by atoms with E-state index in [1.807, 2.05) is 0 Å². The molecule has 0 saturated heterocycles. The Hall–Kier alpha value is -1.47. The molecule has 6 fully saturated rings. The Labute approximate surface area is 474 Å². The van der Waals surface area contributed by atoms with Crippen LogP contribution in [0, 0.1) is 71.0 Å². The van der Waals surface area contributed by atoms with Crippen LogP contribution in [0.4, 0.5) is 92.2 Å². The smallest absolute Gasteiger partial charge is 0.199 e. The fraction of sp³-hybridized carbons (Fsp3) is 1.00. The lowest BCUT2D eigenvalue weighted by Gasteiger charge is -2.41. The lowest BCUT2D eigenvalue weighted by molar-refractivity contribution is -0.368. The van der Waals surface area contributed by atoms with Crippen LogP contribution in [0.1, 0.15) is 258 Å². The third-order valence-electron chi connectivity index (χ3n) is 20.7. The highest BCUT2D eigenvalue weighted by molar-refractivity contribution is 5.00. The second-order valence-electron chi connectivity index (χ2n) is 26.1. The summed E-state index contributed by atoms with van der Waals surface area (Å²) in [7, 11) is 0. The minimum Gasteiger partial charge on any atom is -0.199 e. The molecule has 0 aliphatic heterocycles. The second-order valence-corrected chi connectivity index (χ2v) is 26.1. The van der Waals surface area contributed by atoms with Gasteiger partial charge in [0.05, 0.1) is 0 Å². The second kappa shape index (κ2) is 31.1. The highest BCUT2D eigenvalue weighted by atomic mass is 19.4. The van der Waals surface area contributed by atoms with E-state index in [9.17, 15) is 92.2 Å². The molecule has 486 valence electrons.